The van der Waals surface area contributed by atoms with Crippen LogP contribution in [0.25, 0.3) is 0 Å². The number of allylic oxidation sites excluding steroid dienone is 1. The van der Waals surface area contributed by atoms with E-state index in [-0.39, 0.29) is 5.91 Å². The molecule has 1 atom stereocenters. The Morgan fingerprint density at radius 1 is 1.28 bits per heavy atom. The molecular weight excluding hydrogens is 452 g/mol. The zero-order chi connectivity index (χ0) is 18.1. The van der Waals surface area contributed by atoms with E-state index in [1.165, 1.54) is 0 Å². The number of fused-ring (bicyclic) bond motifs is 1. The van der Waals surface area contributed by atoms with Crippen LogP contribution in [0.3, 0.4) is 0 Å². The highest BCUT2D eigenvalue weighted by molar-refractivity contribution is 9.11. The lowest BCUT2D eigenvalue weighted by Crippen LogP contribution is -2.35. The fraction of sp³-hybridized carbons (Fsp3) is 0.294. The average molecular weight is 468 g/mol. The zero-order valence-electron chi connectivity index (χ0n) is 14.0. The molecule has 0 bridgehead atoms. The van der Waals surface area contributed by atoms with Gasteiger partial charge in [-0.25, -0.2) is 9.98 Å². The Kier molecular flexibility index (Phi) is 5.19. The maximum absolute atomic E-state index is 12.8. The maximum Gasteiger partial charge on any atom is 0.245 e. The summed E-state index contributed by atoms with van der Waals surface area (Å²) in [6, 6.07) is 3.91. The lowest BCUT2D eigenvalue weighted by Gasteiger charge is -2.19. The molecule has 0 saturated heterocycles. The number of hydrogen-bond donors (Lipinski definition) is 0. The molecule has 6 nitrogen and oxygen atoms in total. The van der Waals surface area contributed by atoms with Crippen LogP contribution < -0.4 is 4.74 Å². The first-order chi connectivity index (χ1) is 11.9. The Hall–Kier alpha value is -1.80. The van der Waals surface area contributed by atoms with Crippen molar-refractivity contribution in [2.75, 3.05) is 21.2 Å². The van der Waals surface area contributed by atoms with Crippen molar-refractivity contribution in [3.05, 3.63) is 38.9 Å². The highest BCUT2D eigenvalue weighted by Crippen LogP contribution is 2.35. The molecule has 1 unspecified atom stereocenters. The predicted octanol–water partition coefficient (Wildman–Crippen LogP) is 3.25. The van der Waals surface area contributed by atoms with Crippen molar-refractivity contribution >= 4 is 55.1 Å². The van der Waals surface area contributed by atoms with E-state index in [0.29, 0.717) is 23.8 Å². The monoisotopic (exact) mass is 466 g/mol. The van der Waals surface area contributed by atoms with Crippen molar-refractivity contribution in [1.82, 2.24) is 4.90 Å². The SMILES string of the molecule is CN=C1N=C2C=CN(C)C(=O)C(Cc3cc(Br)c(OC)c(Br)c3)C2=N1. The normalized spacial score (nSPS) is 21.2. The van der Waals surface area contributed by atoms with Crippen molar-refractivity contribution in [2.45, 2.75) is 6.42 Å². The van der Waals surface area contributed by atoms with Gasteiger partial charge >= 0.3 is 0 Å². The number of carbonyl (C=O) groups excluding carboxylic acids is 1. The summed E-state index contributed by atoms with van der Waals surface area (Å²) < 4.78 is 6.99. The zero-order valence-corrected chi connectivity index (χ0v) is 17.1. The summed E-state index contributed by atoms with van der Waals surface area (Å²) in [6.07, 6.45) is 4.02. The van der Waals surface area contributed by atoms with Crippen LogP contribution in [-0.4, -0.2) is 49.4 Å². The fourth-order valence-electron chi connectivity index (χ4n) is 2.80. The van der Waals surface area contributed by atoms with Gasteiger partial charge < -0.3 is 9.64 Å². The van der Waals surface area contributed by atoms with Gasteiger partial charge in [0.2, 0.25) is 11.9 Å². The largest absolute Gasteiger partial charge is 0.494 e. The van der Waals surface area contributed by atoms with Crippen LogP contribution in [0, 0.1) is 5.92 Å². The molecule has 25 heavy (non-hydrogen) atoms. The number of hydrogen-bond acceptors (Lipinski definition) is 3. The van der Waals surface area contributed by atoms with Gasteiger partial charge in [0.05, 0.1) is 33.4 Å². The van der Waals surface area contributed by atoms with Crippen LogP contribution in [0.4, 0.5) is 0 Å². The van der Waals surface area contributed by atoms with E-state index < -0.39 is 5.92 Å². The summed E-state index contributed by atoms with van der Waals surface area (Å²) in [5.41, 5.74) is 2.33. The number of nitrogens with zero attached hydrogens (tertiary/aromatic N) is 4. The van der Waals surface area contributed by atoms with Gasteiger partial charge in [0, 0.05) is 20.3 Å². The predicted molar refractivity (Wildman–Crippen MR) is 106 cm³/mol. The first-order valence-electron chi connectivity index (χ1n) is 7.55. The molecule has 3 rings (SSSR count). The molecular formula is C17H16Br2N4O2. The fourth-order valence-corrected chi connectivity index (χ4v) is 4.40. The Labute approximate surface area is 162 Å². The number of amides is 1. The van der Waals surface area contributed by atoms with E-state index in [1.54, 1.807) is 38.4 Å². The first-order valence-corrected chi connectivity index (χ1v) is 9.14. The average Bonchev–Trinajstić information content (AvgIpc) is 2.95. The number of carbonyl (C=O) groups is 1. The van der Waals surface area contributed by atoms with Crippen molar-refractivity contribution in [2.24, 2.45) is 20.9 Å². The molecule has 0 N–H and O–H groups in total. The number of guanidine groups is 1. The summed E-state index contributed by atoms with van der Waals surface area (Å²) in [6.45, 7) is 0. The molecule has 1 aromatic rings. The van der Waals surface area contributed by atoms with E-state index in [2.05, 4.69) is 46.8 Å². The Balaban J connectivity index is 2.00. The number of ether oxygens (including phenoxy) is 1. The minimum atomic E-state index is -0.426. The van der Waals surface area contributed by atoms with Gasteiger partial charge in [0.25, 0.3) is 0 Å². The highest BCUT2D eigenvalue weighted by Gasteiger charge is 2.34. The van der Waals surface area contributed by atoms with Crippen LogP contribution >= 0.6 is 31.9 Å². The molecule has 2 aliphatic rings. The third-order valence-electron chi connectivity index (χ3n) is 4.04. The van der Waals surface area contributed by atoms with Crippen molar-refractivity contribution in [1.29, 1.82) is 0 Å². The Bertz CT molecular complexity index is 835. The second kappa shape index (κ2) is 7.21. The van der Waals surface area contributed by atoms with Gasteiger partial charge in [-0.3, -0.25) is 9.79 Å². The summed E-state index contributed by atoms with van der Waals surface area (Å²) in [5.74, 6) is 0.662. The van der Waals surface area contributed by atoms with Gasteiger partial charge in [-0.1, -0.05) is 0 Å². The molecule has 0 fully saturated rings. The molecule has 8 heteroatoms. The second-order valence-corrected chi connectivity index (χ2v) is 7.34. The quantitative estimate of drug-likeness (QED) is 0.684. The molecule has 0 aromatic heterocycles. The number of rotatable bonds is 3. The standard InChI is InChI=1S/C17H16Br2N4O2/c1-20-17-21-13-4-5-23(2)16(24)10(14(13)22-17)6-9-7-11(18)15(25-3)12(19)8-9/h4-5,7-8,10H,6H2,1-3H3. The molecule has 0 aliphatic carbocycles. The minimum absolute atomic E-state index is 0.0272. The van der Waals surface area contributed by atoms with Gasteiger partial charge in [-0.05, 0) is 62.1 Å². The minimum Gasteiger partial charge on any atom is -0.494 e. The summed E-state index contributed by atoms with van der Waals surface area (Å²) in [7, 11) is 4.99. The van der Waals surface area contributed by atoms with Crippen LogP contribution in [0.2, 0.25) is 0 Å². The van der Waals surface area contributed by atoms with E-state index in [1.807, 2.05) is 12.1 Å². The van der Waals surface area contributed by atoms with Gasteiger partial charge in [-0.15, -0.1) is 0 Å². The van der Waals surface area contributed by atoms with Crippen LogP contribution in [0.5, 0.6) is 5.75 Å². The van der Waals surface area contributed by atoms with E-state index >= 15 is 0 Å². The van der Waals surface area contributed by atoms with Gasteiger partial charge in [0.15, 0.2) is 0 Å². The molecule has 0 saturated carbocycles. The molecule has 1 aromatic carbocycles. The molecule has 0 radical (unpaired) electrons. The number of benzene rings is 1. The van der Waals surface area contributed by atoms with Crippen LogP contribution in [0.15, 0.2) is 48.3 Å². The molecule has 1 amide bonds. The number of aliphatic imine (C=N–C) groups is 3. The topological polar surface area (TPSA) is 66.6 Å². The van der Waals surface area contributed by atoms with E-state index in [9.17, 15) is 4.79 Å². The molecule has 2 aliphatic heterocycles. The first kappa shape index (κ1) is 18.0. The van der Waals surface area contributed by atoms with Crippen molar-refractivity contribution in [3.8, 4) is 5.75 Å². The Morgan fingerprint density at radius 2 is 1.96 bits per heavy atom. The summed E-state index contributed by atoms with van der Waals surface area (Å²) >= 11 is 7.01. The smallest absolute Gasteiger partial charge is 0.245 e. The Morgan fingerprint density at radius 3 is 2.56 bits per heavy atom. The van der Waals surface area contributed by atoms with Crippen molar-refractivity contribution in [3.63, 3.8) is 0 Å². The lowest BCUT2D eigenvalue weighted by atomic mass is 9.91. The summed E-state index contributed by atoms with van der Waals surface area (Å²) in [5, 5.41) is 0. The van der Waals surface area contributed by atoms with E-state index in [0.717, 1.165) is 20.3 Å². The van der Waals surface area contributed by atoms with Crippen LogP contribution in [-0.2, 0) is 11.2 Å². The number of halogens is 2. The lowest BCUT2D eigenvalue weighted by molar-refractivity contribution is -0.129. The third-order valence-corrected chi connectivity index (χ3v) is 5.22. The number of methoxy groups -OCH3 is 1. The van der Waals surface area contributed by atoms with Gasteiger partial charge in [-0.2, -0.15) is 0 Å². The van der Waals surface area contributed by atoms with Gasteiger partial charge in [0.1, 0.15) is 5.75 Å². The summed E-state index contributed by atoms with van der Waals surface area (Å²) in [4.78, 5) is 27.3. The molecule has 0 spiro atoms. The second-order valence-electron chi connectivity index (χ2n) is 5.63. The van der Waals surface area contributed by atoms with Crippen molar-refractivity contribution < 1.29 is 9.53 Å². The highest BCUT2D eigenvalue weighted by atomic mass is 79.9. The van der Waals surface area contributed by atoms with E-state index in [4.69, 9.17) is 4.74 Å². The molecule has 2 heterocycles. The third kappa shape index (κ3) is 3.46. The molecule has 130 valence electrons. The maximum atomic E-state index is 12.8. The van der Waals surface area contributed by atoms with Crippen LogP contribution in [0.1, 0.15) is 5.56 Å².